The van der Waals surface area contributed by atoms with Crippen LogP contribution in [0.4, 0.5) is 11.4 Å². The molecular weight excluding hydrogens is 406 g/mol. The number of sulfone groups is 1. The van der Waals surface area contributed by atoms with Crippen molar-refractivity contribution in [1.29, 1.82) is 0 Å². The van der Waals surface area contributed by atoms with Crippen LogP contribution in [0.2, 0.25) is 0 Å². The molecule has 2 fully saturated rings. The van der Waals surface area contributed by atoms with Crippen LogP contribution in [0.1, 0.15) is 19.4 Å². The molecule has 2 saturated heterocycles. The van der Waals surface area contributed by atoms with E-state index < -0.39 is 15.7 Å². The van der Waals surface area contributed by atoms with E-state index in [0.717, 1.165) is 30.0 Å². The van der Waals surface area contributed by atoms with Crippen molar-refractivity contribution in [3.63, 3.8) is 0 Å². The fourth-order valence-corrected chi connectivity index (χ4v) is 7.66. The Morgan fingerprint density at radius 3 is 2.63 bits per heavy atom. The fourth-order valence-electron chi connectivity index (χ4n) is 3.68. The molecule has 0 radical (unpaired) electrons. The second-order valence-electron chi connectivity index (χ2n) is 6.74. The maximum absolute atomic E-state index is 12.1. The number of carbonyl (C=O) groups is 1. The third-order valence-corrected chi connectivity index (χ3v) is 8.41. The highest BCUT2D eigenvalue weighted by Crippen LogP contribution is 2.42. The summed E-state index contributed by atoms with van der Waals surface area (Å²) in [5, 5.41) is 0.433. The maximum atomic E-state index is 12.1. The average molecular weight is 430 g/mol. The summed E-state index contributed by atoms with van der Waals surface area (Å²) in [5.74, 6) is -0.408. The number of thioether (sulfide) groups is 1. The third kappa shape index (κ3) is 4.12. The van der Waals surface area contributed by atoms with Crippen LogP contribution in [0, 0.1) is 6.92 Å². The van der Waals surface area contributed by atoms with Crippen LogP contribution < -0.4 is 9.80 Å². The summed E-state index contributed by atoms with van der Waals surface area (Å²) in [6.45, 7) is 8.05. The van der Waals surface area contributed by atoms with Crippen molar-refractivity contribution < 1.29 is 13.2 Å². The minimum atomic E-state index is -3.08. The minimum absolute atomic E-state index is 0.0794. The highest BCUT2D eigenvalue weighted by Gasteiger charge is 2.49. The van der Waals surface area contributed by atoms with Gasteiger partial charge in [0, 0.05) is 29.7 Å². The molecule has 2 aliphatic heterocycles. The van der Waals surface area contributed by atoms with Gasteiger partial charge in [0.2, 0.25) is 0 Å². The Hall–Kier alpha value is -1.25. The summed E-state index contributed by atoms with van der Waals surface area (Å²) >= 11 is 6.99. The molecule has 0 unspecified atom stereocenters. The molecule has 2 aliphatic rings. The first-order valence-electron chi connectivity index (χ1n) is 8.99. The van der Waals surface area contributed by atoms with Crippen LogP contribution in [0.3, 0.4) is 0 Å². The lowest BCUT2D eigenvalue weighted by molar-refractivity contribution is -0.115. The van der Waals surface area contributed by atoms with E-state index in [1.807, 2.05) is 24.0 Å². The summed E-state index contributed by atoms with van der Waals surface area (Å²) in [4.78, 5) is 20.1. The molecule has 0 bridgehead atoms. The van der Waals surface area contributed by atoms with Crippen molar-refractivity contribution in [3.8, 4) is 0 Å². The van der Waals surface area contributed by atoms with Gasteiger partial charge in [-0.05, 0) is 44.5 Å². The van der Waals surface area contributed by atoms with E-state index in [1.165, 1.54) is 11.8 Å². The number of fused-ring (bicyclic) bond motifs is 1. The van der Waals surface area contributed by atoms with Crippen molar-refractivity contribution in [1.82, 2.24) is 0 Å². The SMILES string of the molecule is CCN(CC)c1ccc(N2C(=NC(=O)CCl)S[C@@H]3CS(=O)(=O)C[C@@H]32)c(C)c1. The van der Waals surface area contributed by atoms with E-state index in [0.29, 0.717) is 5.17 Å². The molecule has 2 atom stereocenters. The smallest absolute Gasteiger partial charge is 0.262 e. The number of amides is 1. The van der Waals surface area contributed by atoms with Gasteiger partial charge >= 0.3 is 0 Å². The number of halogens is 1. The zero-order valence-electron chi connectivity index (χ0n) is 15.7. The summed E-state index contributed by atoms with van der Waals surface area (Å²) in [7, 11) is -3.08. The van der Waals surface area contributed by atoms with Crippen molar-refractivity contribution in [2.24, 2.45) is 4.99 Å². The maximum Gasteiger partial charge on any atom is 0.262 e. The van der Waals surface area contributed by atoms with Crippen molar-refractivity contribution in [2.75, 3.05) is 40.3 Å². The molecule has 27 heavy (non-hydrogen) atoms. The van der Waals surface area contributed by atoms with Crippen LogP contribution >= 0.6 is 23.4 Å². The van der Waals surface area contributed by atoms with Gasteiger partial charge in [0.15, 0.2) is 15.0 Å². The number of carbonyl (C=O) groups excluding carboxylic acids is 1. The lowest BCUT2D eigenvalue weighted by atomic mass is 10.1. The van der Waals surface area contributed by atoms with Gasteiger partial charge in [-0.25, -0.2) is 8.42 Å². The van der Waals surface area contributed by atoms with Crippen LogP contribution in [0.5, 0.6) is 0 Å². The van der Waals surface area contributed by atoms with Gasteiger partial charge < -0.3 is 9.80 Å². The van der Waals surface area contributed by atoms with Crippen LogP contribution in [0.25, 0.3) is 0 Å². The first-order valence-corrected chi connectivity index (χ1v) is 12.2. The van der Waals surface area contributed by atoms with Crippen LogP contribution in [0.15, 0.2) is 23.2 Å². The lowest BCUT2D eigenvalue weighted by Gasteiger charge is -2.28. The van der Waals surface area contributed by atoms with Crippen LogP contribution in [-0.2, 0) is 14.6 Å². The van der Waals surface area contributed by atoms with Gasteiger partial charge in [0.05, 0.1) is 17.5 Å². The summed E-state index contributed by atoms with van der Waals surface area (Å²) in [6, 6.07) is 5.93. The van der Waals surface area contributed by atoms with Crippen molar-refractivity contribution in [2.45, 2.75) is 32.1 Å². The topological polar surface area (TPSA) is 70.0 Å². The van der Waals surface area contributed by atoms with E-state index in [1.54, 1.807) is 0 Å². The molecule has 0 aliphatic carbocycles. The molecule has 148 valence electrons. The predicted octanol–water partition coefficient (Wildman–Crippen LogP) is 2.68. The molecule has 2 heterocycles. The Bertz CT molecular complexity index is 869. The highest BCUT2D eigenvalue weighted by molar-refractivity contribution is 8.16. The fraction of sp³-hybridized carbons (Fsp3) is 0.556. The summed E-state index contributed by atoms with van der Waals surface area (Å²) in [5.41, 5.74) is 3.04. The normalized spacial score (nSPS) is 25.0. The Morgan fingerprint density at radius 2 is 2.04 bits per heavy atom. The molecule has 1 aromatic rings. The summed E-state index contributed by atoms with van der Waals surface area (Å²) in [6.07, 6.45) is 0. The van der Waals surface area contributed by atoms with Gasteiger partial charge in [0.25, 0.3) is 5.91 Å². The van der Waals surface area contributed by atoms with E-state index >= 15 is 0 Å². The molecular formula is C18H24ClN3O3S2. The van der Waals surface area contributed by atoms with Crippen LogP contribution in [-0.4, -0.2) is 61.3 Å². The average Bonchev–Trinajstić information content (AvgIpc) is 3.07. The first kappa shape index (κ1) is 20.5. The highest BCUT2D eigenvalue weighted by atomic mass is 35.5. The Balaban J connectivity index is 2.02. The van der Waals surface area contributed by atoms with Gasteiger partial charge in [-0.3, -0.25) is 4.79 Å². The molecule has 3 rings (SSSR count). The van der Waals surface area contributed by atoms with E-state index in [4.69, 9.17) is 11.6 Å². The number of hydrogen-bond acceptors (Lipinski definition) is 5. The minimum Gasteiger partial charge on any atom is -0.372 e. The number of rotatable bonds is 5. The Labute approximate surface area is 169 Å². The quantitative estimate of drug-likeness (QED) is 0.670. The molecule has 0 saturated carbocycles. The van der Waals surface area contributed by atoms with E-state index in [-0.39, 0.29) is 28.7 Å². The number of hydrogen-bond donors (Lipinski definition) is 0. The zero-order chi connectivity index (χ0) is 19.8. The predicted molar refractivity (Wildman–Crippen MR) is 114 cm³/mol. The van der Waals surface area contributed by atoms with Crippen molar-refractivity contribution in [3.05, 3.63) is 23.8 Å². The zero-order valence-corrected chi connectivity index (χ0v) is 18.1. The number of aryl methyl sites for hydroxylation is 1. The molecule has 6 nitrogen and oxygen atoms in total. The summed E-state index contributed by atoms with van der Waals surface area (Å²) < 4.78 is 24.3. The van der Waals surface area contributed by atoms with Gasteiger partial charge in [-0.1, -0.05) is 11.8 Å². The second-order valence-corrected chi connectivity index (χ2v) is 10.4. The standard InChI is InChI=1S/C18H24ClN3O3S2/c1-4-21(5-2)13-6-7-14(12(3)8-13)22-15-10-27(24,25)11-16(15)26-18(22)20-17(23)9-19/h6-8,15-16H,4-5,9-11H2,1-3H3/t15-,16+/m0/s1. The molecule has 0 N–H and O–H groups in total. The molecule has 0 aromatic heterocycles. The van der Waals surface area contributed by atoms with Crippen molar-refractivity contribution >= 4 is 55.6 Å². The number of nitrogens with zero attached hydrogens (tertiary/aromatic N) is 3. The van der Waals surface area contributed by atoms with Gasteiger partial charge in [-0.2, -0.15) is 4.99 Å². The monoisotopic (exact) mass is 429 g/mol. The number of amidine groups is 1. The second kappa shape index (κ2) is 8.01. The first-order chi connectivity index (χ1) is 12.8. The van der Waals surface area contributed by atoms with E-state index in [2.05, 4.69) is 29.8 Å². The number of aliphatic imine (C=N–C) groups is 1. The Morgan fingerprint density at radius 1 is 1.33 bits per heavy atom. The molecule has 1 amide bonds. The molecule has 9 heteroatoms. The Kier molecular flexibility index (Phi) is 6.08. The molecule has 1 aromatic carbocycles. The van der Waals surface area contributed by atoms with Gasteiger partial charge in [0.1, 0.15) is 5.88 Å². The van der Waals surface area contributed by atoms with E-state index in [9.17, 15) is 13.2 Å². The number of anilines is 2. The molecule has 0 spiro atoms. The number of benzene rings is 1. The number of alkyl halides is 1. The lowest BCUT2D eigenvalue weighted by Crippen LogP contribution is -2.38. The largest absolute Gasteiger partial charge is 0.372 e. The van der Waals surface area contributed by atoms with Gasteiger partial charge in [-0.15, -0.1) is 11.6 Å². The third-order valence-electron chi connectivity index (χ3n) is 4.97.